The van der Waals surface area contributed by atoms with Gasteiger partial charge in [-0.05, 0) is 25.3 Å². The first-order valence-corrected chi connectivity index (χ1v) is 11.5. The Kier molecular flexibility index (Phi) is 5.02. The van der Waals surface area contributed by atoms with E-state index in [4.69, 9.17) is 4.98 Å². The van der Waals surface area contributed by atoms with Crippen molar-refractivity contribution < 1.29 is 4.79 Å². The third-order valence-electron chi connectivity index (χ3n) is 6.32. The lowest BCUT2D eigenvalue weighted by molar-refractivity contribution is 0.0685. The first kappa shape index (κ1) is 19.8. The first-order chi connectivity index (χ1) is 15.1. The summed E-state index contributed by atoms with van der Waals surface area (Å²) in [7, 11) is 1.94. The predicted octanol–water partition coefficient (Wildman–Crippen LogP) is 3.78. The summed E-state index contributed by atoms with van der Waals surface area (Å²) in [6.07, 6.45) is 7.15. The van der Waals surface area contributed by atoms with Gasteiger partial charge in [-0.1, -0.05) is 30.3 Å². The Bertz CT molecular complexity index is 1200. The molecule has 1 aromatic carbocycles. The van der Waals surface area contributed by atoms with Crippen LogP contribution in [-0.4, -0.2) is 49.6 Å². The number of hydrogen-bond donors (Lipinski definition) is 1. The molecule has 160 valence electrons. The predicted molar refractivity (Wildman–Crippen MR) is 123 cm³/mol. The molecule has 1 saturated heterocycles. The van der Waals surface area contributed by atoms with Gasteiger partial charge in [0.05, 0.1) is 11.9 Å². The number of likely N-dealkylation sites (tertiary alicyclic amines) is 1. The maximum atomic E-state index is 13.3. The zero-order valence-corrected chi connectivity index (χ0v) is 18.6. The monoisotopic (exact) mass is 434 g/mol. The molecule has 0 spiro atoms. The number of hydrogen-bond acceptors (Lipinski definition) is 5. The zero-order chi connectivity index (χ0) is 21.4. The van der Waals surface area contributed by atoms with E-state index < -0.39 is 0 Å². The summed E-state index contributed by atoms with van der Waals surface area (Å²) in [4.78, 5) is 20.2. The molecule has 1 N–H and O–H groups in total. The fourth-order valence-corrected chi connectivity index (χ4v) is 5.52. The van der Waals surface area contributed by atoms with Gasteiger partial charge in [0, 0.05) is 49.9 Å². The Labute approximate surface area is 185 Å². The molecule has 1 aliphatic heterocycles. The van der Waals surface area contributed by atoms with E-state index in [1.807, 2.05) is 35.0 Å². The molecule has 0 radical (unpaired) electrons. The zero-order valence-electron chi connectivity index (χ0n) is 17.8. The maximum Gasteiger partial charge on any atom is 0.259 e. The first-order valence-electron chi connectivity index (χ1n) is 10.7. The molecule has 0 bridgehead atoms. The molecular weight excluding hydrogens is 408 g/mol. The van der Waals surface area contributed by atoms with Crippen LogP contribution < -0.4 is 5.32 Å². The van der Waals surface area contributed by atoms with Crippen molar-refractivity contribution in [2.24, 2.45) is 7.05 Å². The van der Waals surface area contributed by atoms with Crippen molar-refractivity contribution in [3.63, 3.8) is 0 Å². The molecule has 3 aromatic heterocycles. The Morgan fingerprint density at radius 1 is 1.19 bits per heavy atom. The van der Waals surface area contributed by atoms with Crippen LogP contribution in [0, 0.1) is 0 Å². The Morgan fingerprint density at radius 3 is 2.71 bits per heavy atom. The molecule has 1 amide bonds. The van der Waals surface area contributed by atoms with Gasteiger partial charge in [0.15, 0.2) is 5.13 Å². The van der Waals surface area contributed by atoms with Gasteiger partial charge in [-0.25, -0.2) is 9.50 Å². The number of fused-ring (bicyclic) bond motifs is 1. The third kappa shape index (κ3) is 3.31. The van der Waals surface area contributed by atoms with Crippen LogP contribution in [0.2, 0.25) is 0 Å². The number of nitrogens with one attached hydrogen (secondary N) is 1. The molecule has 1 aliphatic rings. The number of piperidine rings is 1. The smallest absolute Gasteiger partial charge is 0.259 e. The molecule has 31 heavy (non-hydrogen) atoms. The van der Waals surface area contributed by atoms with E-state index in [1.54, 1.807) is 22.0 Å². The molecular formula is C23H26N6OS. The van der Waals surface area contributed by atoms with E-state index in [2.05, 4.69) is 47.0 Å². The fourth-order valence-electron chi connectivity index (χ4n) is 4.64. The highest BCUT2D eigenvalue weighted by molar-refractivity contribution is 7.13. The number of amides is 1. The van der Waals surface area contributed by atoms with Crippen LogP contribution in [0.25, 0.3) is 5.65 Å². The van der Waals surface area contributed by atoms with Gasteiger partial charge < -0.3 is 14.8 Å². The number of carbonyl (C=O) groups is 1. The largest absolute Gasteiger partial charge is 0.362 e. The lowest BCUT2D eigenvalue weighted by atomic mass is 9.70. The van der Waals surface area contributed by atoms with Crippen molar-refractivity contribution >= 4 is 28.0 Å². The van der Waals surface area contributed by atoms with Crippen LogP contribution in [0.15, 0.2) is 54.3 Å². The van der Waals surface area contributed by atoms with Gasteiger partial charge in [0.2, 0.25) is 0 Å². The van der Waals surface area contributed by atoms with Gasteiger partial charge in [-0.15, -0.1) is 11.3 Å². The van der Waals surface area contributed by atoms with Crippen molar-refractivity contribution in [3.8, 4) is 0 Å². The molecule has 1 fully saturated rings. The van der Waals surface area contributed by atoms with Gasteiger partial charge in [-0.2, -0.15) is 5.10 Å². The summed E-state index contributed by atoms with van der Waals surface area (Å²) >= 11 is 1.65. The van der Waals surface area contributed by atoms with Crippen molar-refractivity contribution in [2.75, 3.05) is 25.0 Å². The van der Waals surface area contributed by atoms with Crippen LogP contribution in [0.3, 0.4) is 0 Å². The standard InChI is InChI=1S/C23H26N6OS/c1-3-24-22-26-19(16-31-22)23(17-7-5-4-6-8-17)9-11-28(12-10-23)21(30)18-15-25-29-14-13-27(2)20(18)29/h4-8,13-16H,3,9-12H2,1-2H3,(H,24,26). The minimum atomic E-state index is -0.179. The number of carbonyl (C=O) groups excluding carboxylic acids is 1. The molecule has 4 aromatic rings. The van der Waals surface area contributed by atoms with E-state index in [1.165, 1.54) is 5.56 Å². The normalized spacial score (nSPS) is 16.0. The number of thiazole rings is 1. The lowest BCUT2D eigenvalue weighted by Gasteiger charge is -2.41. The molecule has 4 heterocycles. The summed E-state index contributed by atoms with van der Waals surface area (Å²) < 4.78 is 3.69. The maximum absolute atomic E-state index is 13.3. The second-order valence-corrected chi connectivity index (χ2v) is 8.90. The second kappa shape index (κ2) is 7.85. The molecule has 0 aliphatic carbocycles. The van der Waals surface area contributed by atoms with E-state index in [0.717, 1.165) is 35.9 Å². The number of benzene rings is 1. The number of imidazole rings is 1. The SMILES string of the molecule is CCNc1nc(C2(c3ccccc3)CCN(C(=O)c3cnn4ccn(C)c34)CC2)cs1. The number of aryl methyl sites for hydroxylation is 1. The average Bonchev–Trinajstić information content (AvgIpc) is 3.53. The highest BCUT2D eigenvalue weighted by Gasteiger charge is 2.41. The minimum absolute atomic E-state index is 0.0464. The second-order valence-electron chi connectivity index (χ2n) is 8.04. The quantitative estimate of drug-likeness (QED) is 0.519. The fraction of sp³-hybridized carbons (Fsp3) is 0.348. The van der Waals surface area contributed by atoms with Crippen molar-refractivity contribution in [2.45, 2.75) is 25.2 Å². The Morgan fingerprint density at radius 2 is 1.97 bits per heavy atom. The summed E-state index contributed by atoms with van der Waals surface area (Å²) in [6.45, 7) is 4.30. The van der Waals surface area contributed by atoms with E-state index in [9.17, 15) is 4.79 Å². The van der Waals surface area contributed by atoms with Crippen LogP contribution in [-0.2, 0) is 12.5 Å². The van der Waals surface area contributed by atoms with Crippen molar-refractivity contribution in [1.29, 1.82) is 0 Å². The highest BCUT2D eigenvalue weighted by Crippen LogP contribution is 2.42. The highest BCUT2D eigenvalue weighted by atomic mass is 32.1. The van der Waals surface area contributed by atoms with Crippen LogP contribution in [0.4, 0.5) is 5.13 Å². The number of rotatable bonds is 5. The minimum Gasteiger partial charge on any atom is -0.362 e. The van der Waals surface area contributed by atoms with E-state index in [0.29, 0.717) is 18.7 Å². The molecule has 0 unspecified atom stereocenters. The van der Waals surface area contributed by atoms with Crippen molar-refractivity contribution in [1.82, 2.24) is 24.1 Å². The summed E-state index contributed by atoms with van der Waals surface area (Å²) in [5.74, 6) is 0.0464. The van der Waals surface area contributed by atoms with Gasteiger partial charge in [-0.3, -0.25) is 4.79 Å². The Hall–Kier alpha value is -3.13. The van der Waals surface area contributed by atoms with Gasteiger partial charge in [0.25, 0.3) is 5.91 Å². The summed E-state index contributed by atoms with van der Waals surface area (Å²) in [5, 5.41) is 10.8. The molecule has 0 atom stereocenters. The lowest BCUT2D eigenvalue weighted by Crippen LogP contribution is -2.46. The summed E-state index contributed by atoms with van der Waals surface area (Å²) in [5.41, 5.74) is 3.68. The number of anilines is 1. The van der Waals surface area contributed by atoms with Crippen LogP contribution >= 0.6 is 11.3 Å². The molecule has 0 saturated carbocycles. The number of aromatic nitrogens is 4. The molecule has 5 rings (SSSR count). The topological polar surface area (TPSA) is 67.5 Å². The van der Waals surface area contributed by atoms with Gasteiger partial charge >= 0.3 is 0 Å². The molecule has 7 nitrogen and oxygen atoms in total. The molecule has 8 heteroatoms. The van der Waals surface area contributed by atoms with E-state index in [-0.39, 0.29) is 11.3 Å². The average molecular weight is 435 g/mol. The van der Waals surface area contributed by atoms with Gasteiger partial charge in [0.1, 0.15) is 11.2 Å². The van der Waals surface area contributed by atoms with Crippen LogP contribution in [0.1, 0.15) is 41.4 Å². The van der Waals surface area contributed by atoms with Crippen molar-refractivity contribution in [3.05, 3.63) is 71.1 Å². The number of nitrogens with zero attached hydrogens (tertiary/aromatic N) is 5. The third-order valence-corrected chi connectivity index (χ3v) is 7.12. The Balaban J connectivity index is 1.44. The summed E-state index contributed by atoms with van der Waals surface area (Å²) in [6, 6.07) is 10.6. The van der Waals surface area contributed by atoms with E-state index >= 15 is 0 Å². The van der Waals surface area contributed by atoms with Crippen LogP contribution in [0.5, 0.6) is 0 Å².